The Morgan fingerprint density at radius 3 is 2.09 bits per heavy atom. The number of benzene rings is 2. The Morgan fingerprint density at radius 2 is 1.56 bits per heavy atom. The van der Waals surface area contributed by atoms with Crippen molar-refractivity contribution in [1.82, 2.24) is 10.2 Å². The van der Waals surface area contributed by atoms with Crippen LogP contribution >= 0.6 is 0 Å². The quantitative estimate of drug-likeness (QED) is 0.415. The van der Waals surface area contributed by atoms with Gasteiger partial charge in [-0.15, -0.1) is 0 Å². The predicted octanol–water partition coefficient (Wildman–Crippen LogP) is 1.79. The molecular formula is C23H26N2O7. The number of aromatic hydroxyl groups is 1. The number of carbonyl (C=O) groups excluding carboxylic acids is 2. The van der Waals surface area contributed by atoms with Crippen molar-refractivity contribution < 1.29 is 34.5 Å². The summed E-state index contributed by atoms with van der Waals surface area (Å²) in [6, 6.07) is 12.3. The van der Waals surface area contributed by atoms with Gasteiger partial charge < -0.3 is 25.5 Å². The SMILES string of the molecule is CC(=O)N[C@@H](CCC(=O)O)C(=O)N(Cc1ccccc1)[C@@H](Cc1ccc(O)cc1)C(=O)O. The summed E-state index contributed by atoms with van der Waals surface area (Å²) in [6.45, 7) is 1.16. The van der Waals surface area contributed by atoms with Crippen LogP contribution in [0.2, 0.25) is 0 Å². The molecule has 2 aromatic rings. The van der Waals surface area contributed by atoms with Gasteiger partial charge in [-0.05, 0) is 29.7 Å². The van der Waals surface area contributed by atoms with Crippen LogP contribution in [0.1, 0.15) is 30.9 Å². The third-order valence-corrected chi connectivity index (χ3v) is 4.83. The van der Waals surface area contributed by atoms with Crippen molar-refractivity contribution in [2.75, 3.05) is 0 Å². The van der Waals surface area contributed by atoms with Crippen molar-refractivity contribution in [3.8, 4) is 5.75 Å². The van der Waals surface area contributed by atoms with Gasteiger partial charge in [0, 0.05) is 26.3 Å². The molecule has 0 saturated heterocycles. The second-order valence-corrected chi connectivity index (χ2v) is 7.36. The maximum absolute atomic E-state index is 13.4. The first kappa shape index (κ1) is 24.4. The Bertz CT molecular complexity index is 945. The van der Waals surface area contributed by atoms with Crippen LogP contribution in [0.3, 0.4) is 0 Å². The number of nitrogens with one attached hydrogen (secondary N) is 1. The van der Waals surface area contributed by atoms with E-state index in [9.17, 15) is 29.4 Å². The molecule has 2 rings (SSSR count). The van der Waals surface area contributed by atoms with Crippen LogP contribution in [0.15, 0.2) is 54.6 Å². The van der Waals surface area contributed by atoms with Gasteiger partial charge in [0.1, 0.15) is 17.8 Å². The smallest absolute Gasteiger partial charge is 0.326 e. The van der Waals surface area contributed by atoms with Gasteiger partial charge in [-0.2, -0.15) is 0 Å². The molecule has 0 spiro atoms. The number of phenolic OH excluding ortho intramolecular Hbond substituents is 1. The third-order valence-electron chi connectivity index (χ3n) is 4.83. The highest BCUT2D eigenvalue weighted by atomic mass is 16.4. The lowest BCUT2D eigenvalue weighted by molar-refractivity contribution is -0.152. The molecule has 0 saturated carbocycles. The summed E-state index contributed by atoms with van der Waals surface area (Å²) in [6.07, 6.45) is -0.587. The van der Waals surface area contributed by atoms with E-state index in [4.69, 9.17) is 5.11 Å². The summed E-state index contributed by atoms with van der Waals surface area (Å²) in [5.74, 6) is -3.57. The number of carboxylic acid groups (broad SMARTS) is 2. The summed E-state index contributed by atoms with van der Waals surface area (Å²) < 4.78 is 0. The van der Waals surface area contributed by atoms with E-state index < -0.39 is 35.8 Å². The minimum atomic E-state index is -1.28. The van der Waals surface area contributed by atoms with E-state index in [0.29, 0.717) is 11.1 Å². The van der Waals surface area contributed by atoms with E-state index in [1.807, 2.05) is 0 Å². The van der Waals surface area contributed by atoms with E-state index in [0.717, 1.165) is 4.90 Å². The van der Waals surface area contributed by atoms with Crippen molar-refractivity contribution in [2.24, 2.45) is 0 Å². The van der Waals surface area contributed by atoms with Gasteiger partial charge in [0.25, 0.3) is 0 Å². The van der Waals surface area contributed by atoms with E-state index in [1.165, 1.54) is 19.1 Å². The number of amides is 2. The molecule has 0 unspecified atom stereocenters. The van der Waals surface area contributed by atoms with E-state index in [1.54, 1.807) is 42.5 Å². The largest absolute Gasteiger partial charge is 0.508 e. The van der Waals surface area contributed by atoms with Gasteiger partial charge >= 0.3 is 11.9 Å². The Kier molecular flexibility index (Phi) is 8.76. The van der Waals surface area contributed by atoms with E-state index in [2.05, 4.69) is 5.32 Å². The number of aliphatic carboxylic acids is 2. The topological polar surface area (TPSA) is 144 Å². The number of hydrogen-bond acceptors (Lipinski definition) is 5. The second-order valence-electron chi connectivity index (χ2n) is 7.36. The molecule has 32 heavy (non-hydrogen) atoms. The Hall–Kier alpha value is -3.88. The lowest BCUT2D eigenvalue weighted by Crippen LogP contribution is -2.54. The first-order valence-electron chi connectivity index (χ1n) is 10.0. The van der Waals surface area contributed by atoms with Crippen LogP contribution in [-0.4, -0.2) is 56.1 Å². The average Bonchev–Trinajstić information content (AvgIpc) is 2.74. The Morgan fingerprint density at radius 1 is 0.938 bits per heavy atom. The van der Waals surface area contributed by atoms with Crippen molar-refractivity contribution in [3.63, 3.8) is 0 Å². The molecule has 0 radical (unpaired) electrons. The molecule has 0 aromatic heterocycles. The minimum Gasteiger partial charge on any atom is -0.508 e. The summed E-state index contributed by atoms with van der Waals surface area (Å²) in [4.78, 5) is 49.4. The van der Waals surface area contributed by atoms with E-state index in [-0.39, 0.29) is 31.6 Å². The summed E-state index contributed by atoms with van der Waals surface area (Å²) in [5.41, 5.74) is 1.26. The van der Waals surface area contributed by atoms with Crippen molar-refractivity contribution in [1.29, 1.82) is 0 Å². The van der Waals surface area contributed by atoms with E-state index >= 15 is 0 Å². The molecule has 4 N–H and O–H groups in total. The maximum Gasteiger partial charge on any atom is 0.326 e. The highest BCUT2D eigenvalue weighted by Gasteiger charge is 2.34. The van der Waals surface area contributed by atoms with Crippen LogP contribution in [0.4, 0.5) is 0 Å². The van der Waals surface area contributed by atoms with Crippen LogP contribution in [0.25, 0.3) is 0 Å². The van der Waals surface area contributed by atoms with Crippen LogP contribution in [-0.2, 0) is 32.1 Å². The third kappa shape index (κ3) is 7.42. The zero-order valence-electron chi connectivity index (χ0n) is 17.6. The second kappa shape index (κ2) is 11.5. The fraction of sp³-hybridized carbons (Fsp3) is 0.304. The number of carbonyl (C=O) groups is 4. The number of hydrogen-bond donors (Lipinski definition) is 4. The Labute approximate surface area is 185 Å². The summed E-state index contributed by atoms with van der Waals surface area (Å²) >= 11 is 0. The standard InChI is InChI=1S/C23H26N2O7/c1-15(26)24-19(11-12-21(28)29)22(30)25(14-17-5-3-2-4-6-17)20(23(31)32)13-16-7-9-18(27)10-8-16/h2-10,19-20,27H,11-14H2,1H3,(H,24,26)(H,28,29)(H,31,32)/t19-,20-/m0/s1. The molecule has 2 atom stereocenters. The normalized spacial score (nSPS) is 12.4. The average molecular weight is 442 g/mol. The van der Waals surface area contributed by atoms with Crippen LogP contribution < -0.4 is 5.32 Å². The number of nitrogens with zero attached hydrogens (tertiary/aromatic N) is 1. The first-order chi connectivity index (χ1) is 15.2. The monoisotopic (exact) mass is 442 g/mol. The fourth-order valence-electron chi connectivity index (χ4n) is 3.28. The van der Waals surface area contributed by atoms with Crippen molar-refractivity contribution in [3.05, 3.63) is 65.7 Å². The zero-order chi connectivity index (χ0) is 23.7. The molecule has 0 aliphatic rings. The van der Waals surface area contributed by atoms with Gasteiger partial charge in [0.15, 0.2) is 0 Å². The first-order valence-corrected chi connectivity index (χ1v) is 10.0. The molecule has 2 amide bonds. The number of carboxylic acids is 2. The predicted molar refractivity (Wildman–Crippen MR) is 115 cm³/mol. The number of phenols is 1. The lowest BCUT2D eigenvalue weighted by atomic mass is 10.0. The molecule has 2 aromatic carbocycles. The van der Waals surface area contributed by atoms with Gasteiger partial charge in [-0.25, -0.2) is 4.79 Å². The van der Waals surface area contributed by atoms with Gasteiger partial charge in [-0.1, -0.05) is 42.5 Å². The molecule has 9 heteroatoms. The molecular weight excluding hydrogens is 416 g/mol. The van der Waals surface area contributed by atoms with Gasteiger partial charge in [0.05, 0.1) is 0 Å². The molecule has 0 fully saturated rings. The molecule has 0 heterocycles. The molecule has 170 valence electrons. The number of rotatable bonds is 11. The van der Waals surface area contributed by atoms with Crippen molar-refractivity contribution in [2.45, 2.75) is 44.8 Å². The molecule has 9 nitrogen and oxygen atoms in total. The summed E-state index contributed by atoms with van der Waals surface area (Å²) in [7, 11) is 0. The highest BCUT2D eigenvalue weighted by Crippen LogP contribution is 2.18. The Balaban J connectivity index is 2.41. The minimum absolute atomic E-state index is 0.0252. The highest BCUT2D eigenvalue weighted by molar-refractivity contribution is 5.90. The van der Waals surface area contributed by atoms with Gasteiger partial charge in [-0.3, -0.25) is 14.4 Å². The lowest BCUT2D eigenvalue weighted by Gasteiger charge is -2.32. The fourth-order valence-corrected chi connectivity index (χ4v) is 3.28. The van der Waals surface area contributed by atoms with Crippen molar-refractivity contribution >= 4 is 23.8 Å². The zero-order valence-corrected chi connectivity index (χ0v) is 17.6. The summed E-state index contributed by atoms with van der Waals surface area (Å²) in [5, 5.41) is 30.9. The molecule has 0 bridgehead atoms. The molecule has 0 aliphatic heterocycles. The molecule has 0 aliphatic carbocycles. The maximum atomic E-state index is 13.4. The van der Waals surface area contributed by atoms with Gasteiger partial charge in [0.2, 0.25) is 11.8 Å². The van der Waals surface area contributed by atoms with Crippen LogP contribution in [0, 0.1) is 0 Å². The van der Waals surface area contributed by atoms with Crippen LogP contribution in [0.5, 0.6) is 5.75 Å².